The molecule has 8 heteroatoms. The Morgan fingerprint density at radius 2 is 1.73 bits per heavy atom. The molecule has 4 amide bonds. The van der Waals surface area contributed by atoms with E-state index < -0.39 is 29.1 Å². The number of allylic oxidation sites excluding steroid dienone is 2. The number of aromatic hydroxyl groups is 1. The Hall–Kier alpha value is -3.26. The fourth-order valence-electron chi connectivity index (χ4n) is 7.32. The van der Waals surface area contributed by atoms with Crippen molar-refractivity contribution in [3.63, 3.8) is 0 Å². The maximum Gasteiger partial charge on any atom is 0.241 e. The van der Waals surface area contributed by atoms with E-state index in [1.54, 1.807) is 49.4 Å². The summed E-state index contributed by atoms with van der Waals surface area (Å²) < 4.78 is 0.734. The molecule has 2 aromatic carbocycles. The number of para-hydroxylation sites is 1. The lowest BCUT2D eigenvalue weighted by atomic mass is 9.51. The van der Waals surface area contributed by atoms with Gasteiger partial charge in [-0.15, -0.1) is 0 Å². The maximum atomic E-state index is 14.2. The van der Waals surface area contributed by atoms with E-state index in [0.717, 1.165) is 10.0 Å². The molecule has 7 nitrogen and oxygen atoms in total. The molecule has 190 valence electrons. The van der Waals surface area contributed by atoms with Crippen molar-refractivity contribution < 1.29 is 24.3 Å². The summed E-state index contributed by atoms with van der Waals surface area (Å²) in [5.74, 6) is -3.69. The number of anilines is 1. The van der Waals surface area contributed by atoms with E-state index in [4.69, 9.17) is 0 Å². The van der Waals surface area contributed by atoms with Gasteiger partial charge < -0.3 is 5.11 Å². The van der Waals surface area contributed by atoms with E-state index in [0.29, 0.717) is 30.6 Å². The van der Waals surface area contributed by atoms with Crippen LogP contribution in [0.15, 0.2) is 64.7 Å². The molecule has 6 atom stereocenters. The van der Waals surface area contributed by atoms with Gasteiger partial charge in [0, 0.05) is 22.5 Å². The minimum Gasteiger partial charge on any atom is -0.508 e. The molecule has 6 unspecified atom stereocenters. The topological polar surface area (TPSA) is 95.0 Å². The first-order valence-corrected chi connectivity index (χ1v) is 13.5. The molecule has 2 aromatic rings. The van der Waals surface area contributed by atoms with Crippen molar-refractivity contribution in [2.24, 2.45) is 29.1 Å². The normalized spacial score (nSPS) is 32.8. The largest absolute Gasteiger partial charge is 0.508 e. The van der Waals surface area contributed by atoms with Gasteiger partial charge in [0.2, 0.25) is 23.6 Å². The zero-order valence-electron chi connectivity index (χ0n) is 20.6. The monoisotopic (exact) mass is 562 g/mol. The summed E-state index contributed by atoms with van der Waals surface area (Å²) in [7, 11) is 0. The van der Waals surface area contributed by atoms with Crippen molar-refractivity contribution in [1.29, 1.82) is 0 Å². The number of carbonyl (C=O) groups is 4. The Labute approximate surface area is 223 Å². The Kier molecular flexibility index (Phi) is 5.46. The minimum atomic E-state index is -1.17. The van der Waals surface area contributed by atoms with Gasteiger partial charge in [-0.1, -0.05) is 45.8 Å². The van der Waals surface area contributed by atoms with Crippen LogP contribution in [0, 0.1) is 29.1 Å². The molecule has 1 N–H and O–H groups in total. The molecular weight excluding hydrogens is 536 g/mol. The van der Waals surface area contributed by atoms with Crippen LogP contribution in [0.2, 0.25) is 0 Å². The first-order valence-electron chi connectivity index (χ1n) is 12.7. The number of hydrogen-bond acceptors (Lipinski definition) is 5. The minimum absolute atomic E-state index is 0.0271. The molecule has 37 heavy (non-hydrogen) atoms. The van der Waals surface area contributed by atoms with Crippen LogP contribution in [0.5, 0.6) is 5.75 Å². The van der Waals surface area contributed by atoms with Gasteiger partial charge in [0.1, 0.15) is 5.75 Å². The number of imide groups is 2. The summed E-state index contributed by atoms with van der Waals surface area (Å²) in [5, 5.41) is 11.0. The van der Waals surface area contributed by atoms with Gasteiger partial charge >= 0.3 is 0 Å². The van der Waals surface area contributed by atoms with Gasteiger partial charge in [0.25, 0.3) is 0 Å². The first-order chi connectivity index (χ1) is 17.7. The summed E-state index contributed by atoms with van der Waals surface area (Å²) in [4.78, 5) is 57.3. The zero-order valence-corrected chi connectivity index (χ0v) is 22.1. The highest BCUT2D eigenvalue weighted by Gasteiger charge is 2.67. The van der Waals surface area contributed by atoms with E-state index in [1.807, 2.05) is 19.1 Å². The fourth-order valence-corrected chi connectivity index (χ4v) is 7.69. The molecule has 2 saturated heterocycles. The van der Waals surface area contributed by atoms with E-state index in [-0.39, 0.29) is 35.3 Å². The predicted molar refractivity (Wildman–Crippen MR) is 139 cm³/mol. The molecule has 0 radical (unpaired) electrons. The van der Waals surface area contributed by atoms with Crippen molar-refractivity contribution in [1.82, 2.24) is 4.90 Å². The second-order valence-electron chi connectivity index (χ2n) is 10.6. The zero-order chi connectivity index (χ0) is 26.2. The number of halogens is 1. The molecular formula is C29H27BrN2O5. The van der Waals surface area contributed by atoms with Gasteiger partial charge in [-0.3, -0.25) is 24.1 Å². The van der Waals surface area contributed by atoms with E-state index in [2.05, 4.69) is 15.9 Å². The fraction of sp³-hybridized carbons (Fsp3) is 0.379. The Balaban J connectivity index is 1.55. The Morgan fingerprint density at radius 1 is 1.00 bits per heavy atom. The van der Waals surface area contributed by atoms with Crippen LogP contribution in [0.1, 0.15) is 38.2 Å². The summed E-state index contributed by atoms with van der Waals surface area (Å²) >= 11 is 3.50. The van der Waals surface area contributed by atoms with Gasteiger partial charge in [-0.05, 0) is 62.9 Å². The lowest BCUT2D eigenvalue weighted by Gasteiger charge is -2.49. The van der Waals surface area contributed by atoms with Crippen LogP contribution in [0.25, 0.3) is 0 Å². The van der Waals surface area contributed by atoms with Gasteiger partial charge in [-0.2, -0.15) is 0 Å². The van der Waals surface area contributed by atoms with Crippen LogP contribution in [0.3, 0.4) is 0 Å². The number of hydrogen-bond donors (Lipinski definition) is 1. The highest BCUT2D eigenvalue weighted by atomic mass is 79.9. The van der Waals surface area contributed by atoms with E-state index in [1.165, 1.54) is 9.80 Å². The smallest absolute Gasteiger partial charge is 0.241 e. The molecule has 1 saturated carbocycles. The van der Waals surface area contributed by atoms with Crippen molar-refractivity contribution in [3.05, 3.63) is 70.2 Å². The van der Waals surface area contributed by atoms with Crippen LogP contribution in [0.4, 0.5) is 5.69 Å². The Morgan fingerprint density at radius 3 is 2.43 bits per heavy atom. The average Bonchev–Trinajstić information content (AvgIpc) is 3.25. The third-order valence-electron chi connectivity index (χ3n) is 9.00. The average molecular weight is 563 g/mol. The number of likely N-dealkylation sites (tertiary alicyclic amines) is 1. The highest BCUT2D eigenvalue weighted by molar-refractivity contribution is 9.10. The second-order valence-corrected chi connectivity index (χ2v) is 11.5. The summed E-state index contributed by atoms with van der Waals surface area (Å²) in [5.41, 5.74) is 0.737. The van der Waals surface area contributed by atoms with Crippen LogP contribution >= 0.6 is 15.9 Å². The number of benzene rings is 2. The number of phenolic OH excluding ortho intramolecular Hbond substituents is 1. The molecule has 3 fully saturated rings. The number of carbonyl (C=O) groups excluding carboxylic acids is 4. The van der Waals surface area contributed by atoms with E-state index >= 15 is 0 Å². The second kappa shape index (κ2) is 8.38. The standard InChI is InChI=1S/C29H27BrN2O5/c1-3-31-25(34)18-11-10-17-19(23(18)27(31)36)14-21-26(35)32(16-7-5-4-6-8-16)28(37)29(21,2)24(17)20-13-15(30)9-12-22(20)33/h4-10,12-13,18-19,21,23-24,33H,3,11,14H2,1-2H3. The SMILES string of the molecule is CCN1C(=O)C2CC=C3C(CC4C(=O)N(c5ccccc5)C(=O)C4(C)C3c3cc(Br)ccc3O)C2C1=O. The lowest BCUT2D eigenvalue weighted by molar-refractivity contribution is -0.140. The summed E-state index contributed by atoms with van der Waals surface area (Å²) in [6, 6.07) is 14.0. The third kappa shape index (κ3) is 3.17. The third-order valence-corrected chi connectivity index (χ3v) is 9.49. The lowest BCUT2D eigenvalue weighted by Crippen LogP contribution is -2.48. The number of fused-ring (bicyclic) bond motifs is 4. The number of amides is 4. The first kappa shape index (κ1) is 24.1. The van der Waals surface area contributed by atoms with Crippen molar-refractivity contribution in [2.75, 3.05) is 11.4 Å². The molecule has 6 rings (SSSR count). The number of nitrogens with zero attached hydrogens (tertiary/aromatic N) is 2. The molecule has 0 aromatic heterocycles. The maximum absolute atomic E-state index is 14.2. The summed E-state index contributed by atoms with van der Waals surface area (Å²) in [6.45, 7) is 3.91. The van der Waals surface area contributed by atoms with Crippen molar-refractivity contribution in [2.45, 2.75) is 32.6 Å². The van der Waals surface area contributed by atoms with Gasteiger partial charge in [0.05, 0.1) is 28.9 Å². The quantitative estimate of drug-likeness (QED) is 0.441. The van der Waals surface area contributed by atoms with Crippen LogP contribution < -0.4 is 4.90 Å². The van der Waals surface area contributed by atoms with Crippen LogP contribution in [-0.2, 0) is 19.2 Å². The number of rotatable bonds is 3. The Bertz CT molecular complexity index is 1390. The molecule has 2 aliphatic heterocycles. The molecule has 0 spiro atoms. The van der Waals surface area contributed by atoms with Gasteiger partial charge in [0.15, 0.2) is 0 Å². The van der Waals surface area contributed by atoms with Crippen molar-refractivity contribution >= 4 is 45.2 Å². The van der Waals surface area contributed by atoms with E-state index in [9.17, 15) is 24.3 Å². The summed E-state index contributed by atoms with van der Waals surface area (Å²) in [6.07, 6.45) is 2.69. The molecule has 0 bridgehead atoms. The molecule has 2 heterocycles. The molecule has 4 aliphatic rings. The predicted octanol–water partition coefficient (Wildman–Crippen LogP) is 4.41. The number of phenols is 1. The molecule has 2 aliphatic carbocycles. The van der Waals surface area contributed by atoms with Crippen molar-refractivity contribution in [3.8, 4) is 5.75 Å². The highest BCUT2D eigenvalue weighted by Crippen LogP contribution is 2.64. The van der Waals surface area contributed by atoms with Crippen LogP contribution in [-0.4, -0.2) is 40.2 Å². The van der Waals surface area contributed by atoms with Gasteiger partial charge in [-0.25, -0.2) is 4.90 Å².